The average Bonchev–Trinajstić information content (AvgIpc) is 2.52. The van der Waals surface area contributed by atoms with Crippen molar-refractivity contribution in [1.82, 2.24) is 10.3 Å². The van der Waals surface area contributed by atoms with E-state index in [0.717, 1.165) is 13.0 Å². The maximum absolute atomic E-state index is 3.59. The molecule has 0 fully saturated rings. The molecule has 1 aliphatic heterocycles. The van der Waals surface area contributed by atoms with E-state index in [0.29, 0.717) is 0 Å². The summed E-state index contributed by atoms with van der Waals surface area (Å²) in [6.07, 6.45) is 1.08. The van der Waals surface area contributed by atoms with Gasteiger partial charge in [-0.1, -0.05) is 11.6 Å². The molecule has 2 nitrogen and oxygen atoms in total. The first-order valence-electron chi connectivity index (χ1n) is 5.90. The highest BCUT2D eigenvalue weighted by Crippen LogP contribution is 2.29. The molecule has 2 aromatic rings. The van der Waals surface area contributed by atoms with E-state index >= 15 is 0 Å². The second kappa shape index (κ2) is 3.11. The summed E-state index contributed by atoms with van der Waals surface area (Å²) >= 11 is 0. The van der Waals surface area contributed by atoms with Crippen LogP contribution in [0, 0.1) is 6.92 Å². The Labute approximate surface area is 96.1 Å². The van der Waals surface area contributed by atoms with E-state index in [1.807, 2.05) is 0 Å². The molecular weight excluding hydrogens is 196 g/mol. The third kappa shape index (κ3) is 1.45. The van der Waals surface area contributed by atoms with Crippen molar-refractivity contribution >= 4 is 10.9 Å². The Morgan fingerprint density at radius 3 is 2.88 bits per heavy atom. The molecule has 3 rings (SSSR count). The zero-order valence-electron chi connectivity index (χ0n) is 10.1. The fraction of sp³-hybridized carbons (Fsp3) is 0.429. The molecule has 1 aromatic carbocycles. The third-order valence-corrected chi connectivity index (χ3v) is 3.51. The summed E-state index contributed by atoms with van der Waals surface area (Å²) in [6.45, 7) is 7.64. The van der Waals surface area contributed by atoms with E-state index in [4.69, 9.17) is 0 Å². The molecule has 1 aliphatic rings. The monoisotopic (exact) mass is 214 g/mol. The van der Waals surface area contributed by atoms with Crippen LogP contribution in [0.25, 0.3) is 10.9 Å². The van der Waals surface area contributed by atoms with E-state index in [1.54, 1.807) is 0 Å². The number of aromatic amines is 1. The van der Waals surface area contributed by atoms with E-state index in [1.165, 1.54) is 27.7 Å². The number of hydrogen-bond donors (Lipinski definition) is 2. The van der Waals surface area contributed by atoms with Crippen LogP contribution in [0.3, 0.4) is 0 Å². The lowest BCUT2D eigenvalue weighted by atomic mass is 9.91. The molecule has 2 N–H and O–H groups in total. The van der Waals surface area contributed by atoms with Crippen LogP contribution in [-0.4, -0.2) is 10.5 Å². The van der Waals surface area contributed by atoms with Gasteiger partial charge in [-0.2, -0.15) is 0 Å². The van der Waals surface area contributed by atoms with Crippen molar-refractivity contribution in [2.24, 2.45) is 0 Å². The number of benzene rings is 1. The molecule has 16 heavy (non-hydrogen) atoms. The molecule has 0 amide bonds. The number of H-pyrrole nitrogens is 1. The predicted molar refractivity (Wildman–Crippen MR) is 67.7 cm³/mol. The van der Waals surface area contributed by atoms with E-state index in [-0.39, 0.29) is 5.54 Å². The second-order valence-corrected chi connectivity index (χ2v) is 5.55. The molecule has 0 radical (unpaired) electrons. The van der Waals surface area contributed by atoms with Crippen LogP contribution >= 0.6 is 0 Å². The minimum Gasteiger partial charge on any atom is -0.358 e. The minimum atomic E-state index is 0.211. The molecule has 0 atom stereocenters. The van der Waals surface area contributed by atoms with Crippen molar-refractivity contribution in [3.05, 3.63) is 35.0 Å². The van der Waals surface area contributed by atoms with Gasteiger partial charge in [-0.25, -0.2) is 0 Å². The summed E-state index contributed by atoms with van der Waals surface area (Å²) in [5.41, 5.74) is 5.68. The van der Waals surface area contributed by atoms with Gasteiger partial charge >= 0.3 is 0 Å². The lowest BCUT2D eigenvalue weighted by Gasteiger charge is -2.31. The van der Waals surface area contributed by atoms with Gasteiger partial charge in [0.05, 0.1) is 0 Å². The third-order valence-electron chi connectivity index (χ3n) is 3.51. The predicted octanol–water partition coefficient (Wildman–Crippen LogP) is 2.90. The second-order valence-electron chi connectivity index (χ2n) is 5.55. The number of nitrogens with one attached hydrogen (secondary N) is 2. The summed E-state index contributed by atoms with van der Waals surface area (Å²) in [5.74, 6) is 0. The zero-order valence-corrected chi connectivity index (χ0v) is 10.1. The Balaban J connectivity index is 2.21. The highest BCUT2D eigenvalue weighted by Gasteiger charge is 2.26. The fourth-order valence-electron chi connectivity index (χ4n) is 2.60. The smallest absolute Gasteiger partial charge is 0.0459 e. The van der Waals surface area contributed by atoms with Gasteiger partial charge < -0.3 is 10.3 Å². The van der Waals surface area contributed by atoms with Crippen molar-refractivity contribution < 1.29 is 0 Å². The summed E-state index contributed by atoms with van der Waals surface area (Å²) in [7, 11) is 0. The molecule has 0 spiro atoms. The Morgan fingerprint density at radius 2 is 2.06 bits per heavy atom. The first kappa shape index (κ1) is 9.91. The standard InChI is InChI=1S/C14H18N2/c1-9-4-5-12-10(6-9)11-8-15-14(2,3)7-13(11)16-12/h4-6,15-16H,7-8H2,1-3H3. The van der Waals surface area contributed by atoms with Gasteiger partial charge in [0, 0.05) is 35.1 Å². The Morgan fingerprint density at radius 1 is 1.25 bits per heavy atom. The Hall–Kier alpha value is -1.28. The summed E-state index contributed by atoms with van der Waals surface area (Å²) in [4.78, 5) is 3.56. The van der Waals surface area contributed by atoms with Crippen molar-refractivity contribution in [2.45, 2.75) is 39.3 Å². The van der Waals surface area contributed by atoms with Gasteiger partial charge in [-0.3, -0.25) is 0 Å². The quantitative estimate of drug-likeness (QED) is 0.693. The molecule has 0 saturated carbocycles. The van der Waals surface area contributed by atoms with Crippen molar-refractivity contribution in [1.29, 1.82) is 0 Å². The van der Waals surface area contributed by atoms with E-state index in [9.17, 15) is 0 Å². The molecular formula is C14H18N2. The maximum Gasteiger partial charge on any atom is 0.0459 e. The van der Waals surface area contributed by atoms with Crippen molar-refractivity contribution in [3.8, 4) is 0 Å². The Bertz CT molecular complexity index is 549. The number of aromatic nitrogens is 1. The van der Waals surface area contributed by atoms with Gasteiger partial charge in [0.1, 0.15) is 0 Å². The van der Waals surface area contributed by atoms with Crippen LogP contribution in [0.4, 0.5) is 0 Å². The van der Waals surface area contributed by atoms with Gasteiger partial charge in [-0.15, -0.1) is 0 Å². The van der Waals surface area contributed by atoms with E-state index < -0.39 is 0 Å². The van der Waals surface area contributed by atoms with E-state index in [2.05, 4.69) is 49.3 Å². The van der Waals surface area contributed by atoms with Crippen molar-refractivity contribution in [2.75, 3.05) is 0 Å². The van der Waals surface area contributed by atoms with Gasteiger partial charge in [0.25, 0.3) is 0 Å². The first-order valence-corrected chi connectivity index (χ1v) is 5.90. The van der Waals surface area contributed by atoms with Gasteiger partial charge in [0.15, 0.2) is 0 Å². The summed E-state index contributed by atoms with van der Waals surface area (Å²) in [5, 5.41) is 4.98. The molecule has 0 bridgehead atoms. The lowest BCUT2D eigenvalue weighted by molar-refractivity contribution is 0.360. The molecule has 0 aliphatic carbocycles. The fourth-order valence-corrected chi connectivity index (χ4v) is 2.60. The number of fused-ring (bicyclic) bond motifs is 3. The van der Waals surface area contributed by atoms with Crippen LogP contribution in [0.1, 0.15) is 30.7 Å². The van der Waals surface area contributed by atoms with Gasteiger partial charge in [0.2, 0.25) is 0 Å². The first-order chi connectivity index (χ1) is 7.55. The summed E-state index contributed by atoms with van der Waals surface area (Å²) in [6, 6.07) is 6.64. The molecule has 0 saturated heterocycles. The molecule has 84 valence electrons. The number of aryl methyl sites for hydroxylation is 1. The highest BCUT2D eigenvalue weighted by molar-refractivity contribution is 5.85. The summed E-state index contributed by atoms with van der Waals surface area (Å²) < 4.78 is 0. The number of rotatable bonds is 0. The van der Waals surface area contributed by atoms with Crippen LogP contribution in [-0.2, 0) is 13.0 Å². The van der Waals surface area contributed by atoms with Crippen LogP contribution in [0.15, 0.2) is 18.2 Å². The largest absolute Gasteiger partial charge is 0.358 e. The normalized spacial score (nSPS) is 18.7. The average molecular weight is 214 g/mol. The SMILES string of the molecule is Cc1ccc2[nH]c3c(c2c1)CNC(C)(C)C3. The molecule has 2 heterocycles. The van der Waals surface area contributed by atoms with Crippen LogP contribution in [0.2, 0.25) is 0 Å². The Kier molecular flexibility index (Phi) is 1.93. The number of hydrogen-bond acceptors (Lipinski definition) is 1. The van der Waals surface area contributed by atoms with Crippen LogP contribution in [0.5, 0.6) is 0 Å². The van der Waals surface area contributed by atoms with Crippen molar-refractivity contribution in [3.63, 3.8) is 0 Å². The molecule has 0 unspecified atom stereocenters. The molecule has 1 aromatic heterocycles. The highest BCUT2D eigenvalue weighted by atomic mass is 15.0. The lowest BCUT2D eigenvalue weighted by Crippen LogP contribution is -2.44. The topological polar surface area (TPSA) is 27.8 Å². The van der Waals surface area contributed by atoms with Gasteiger partial charge in [-0.05, 0) is 38.5 Å². The minimum absolute atomic E-state index is 0.211. The maximum atomic E-state index is 3.59. The zero-order chi connectivity index (χ0) is 11.3. The van der Waals surface area contributed by atoms with Crippen LogP contribution < -0.4 is 5.32 Å². The molecule has 2 heteroatoms.